The standard InChI is InChI=1S/C7H6ClNO2/c8-5-2-1-4(7(9)11)3-6(5)10/h1-3,10H,(H2,9,11). The maximum atomic E-state index is 10.5. The molecule has 0 saturated carbocycles. The summed E-state index contributed by atoms with van der Waals surface area (Å²) in [6.45, 7) is 0. The molecule has 1 aromatic carbocycles. The van der Waals surface area contributed by atoms with Crippen molar-refractivity contribution >= 4 is 17.5 Å². The van der Waals surface area contributed by atoms with Gasteiger partial charge in [-0.2, -0.15) is 0 Å². The summed E-state index contributed by atoms with van der Waals surface area (Å²) in [4.78, 5) is 10.5. The number of phenolic OH excluding ortho intramolecular Hbond substituents is 1. The molecule has 0 fully saturated rings. The first-order chi connectivity index (χ1) is 5.11. The van der Waals surface area contributed by atoms with Crippen molar-refractivity contribution < 1.29 is 9.90 Å². The molecule has 0 aliphatic carbocycles. The fraction of sp³-hybridized carbons (Fsp3) is 0. The van der Waals surface area contributed by atoms with Crippen molar-refractivity contribution in [3.05, 3.63) is 28.8 Å². The summed E-state index contributed by atoms with van der Waals surface area (Å²) >= 11 is 5.48. The summed E-state index contributed by atoms with van der Waals surface area (Å²) in [6, 6.07) is 4.09. The predicted octanol–water partition coefficient (Wildman–Crippen LogP) is 1.14. The van der Waals surface area contributed by atoms with Gasteiger partial charge in [0.15, 0.2) is 0 Å². The number of primary amides is 1. The van der Waals surface area contributed by atoms with Crippen LogP contribution in [0.5, 0.6) is 5.75 Å². The minimum Gasteiger partial charge on any atom is -0.506 e. The zero-order chi connectivity index (χ0) is 8.43. The lowest BCUT2D eigenvalue weighted by Crippen LogP contribution is -2.10. The molecule has 0 spiro atoms. The van der Waals surface area contributed by atoms with E-state index in [9.17, 15) is 4.79 Å². The van der Waals surface area contributed by atoms with Gasteiger partial charge >= 0.3 is 0 Å². The highest BCUT2D eigenvalue weighted by atomic mass is 35.5. The van der Waals surface area contributed by atoms with Crippen LogP contribution in [0.2, 0.25) is 5.02 Å². The predicted molar refractivity (Wildman–Crippen MR) is 41.6 cm³/mol. The van der Waals surface area contributed by atoms with Gasteiger partial charge in [-0.15, -0.1) is 0 Å². The number of hydrogen-bond acceptors (Lipinski definition) is 2. The highest BCUT2D eigenvalue weighted by molar-refractivity contribution is 6.32. The van der Waals surface area contributed by atoms with Crippen LogP contribution in [0, 0.1) is 0 Å². The fourth-order valence-electron chi connectivity index (χ4n) is 0.666. The van der Waals surface area contributed by atoms with Crippen molar-refractivity contribution in [3.63, 3.8) is 0 Å². The lowest BCUT2D eigenvalue weighted by Gasteiger charge is -1.97. The molecule has 1 amide bonds. The van der Waals surface area contributed by atoms with Gasteiger partial charge in [0.2, 0.25) is 5.91 Å². The average Bonchev–Trinajstić information content (AvgIpc) is 1.94. The topological polar surface area (TPSA) is 63.3 Å². The number of carbonyl (C=O) groups excluding carboxylic acids is 1. The molecular weight excluding hydrogens is 166 g/mol. The van der Waals surface area contributed by atoms with E-state index in [0.717, 1.165) is 0 Å². The van der Waals surface area contributed by atoms with Crippen LogP contribution in [0.3, 0.4) is 0 Å². The number of carbonyl (C=O) groups is 1. The number of halogens is 1. The Kier molecular flexibility index (Phi) is 2.01. The molecule has 0 heterocycles. The number of hydrogen-bond donors (Lipinski definition) is 2. The molecule has 1 aromatic rings. The van der Waals surface area contributed by atoms with Gasteiger partial charge in [-0.1, -0.05) is 11.6 Å². The van der Waals surface area contributed by atoms with E-state index < -0.39 is 5.91 Å². The van der Waals surface area contributed by atoms with E-state index in [-0.39, 0.29) is 16.3 Å². The van der Waals surface area contributed by atoms with Gasteiger partial charge in [-0.3, -0.25) is 4.79 Å². The van der Waals surface area contributed by atoms with Crippen LogP contribution in [0.1, 0.15) is 10.4 Å². The number of aromatic hydroxyl groups is 1. The SMILES string of the molecule is NC(=O)c1ccc(Cl)c(O)c1. The van der Waals surface area contributed by atoms with Gasteiger partial charge < -0.3 is 10.8 Å². The van der Waals surface area contributed by atoms with Crippen LogP contribution in [0.25, 0.3) is 0 Å². The normalized spacial score (nSPS) is 9.55. The van der Waals surface area contributed by atoms with Gasteiger partial charge in [-0.05, 0) is 18.2 Å². The molecule has 1 rings (SSSR count). The summed E-state index contributed by atoms with van der Waals surface area (Å²) in [6.07, 6.45) is 0. The monoisotopic (exact) mass is 171 g/mol. The molecule has 0 radical (unpaired) electrons. The number of nitrogens with two attached hydrogens (primary N) is 1. The second kappa shape index (κ2) is 2.80. The second-order valence-corrected chi connectivity index (χ2v) is 2.44. The minimum atomic E-state index is -0.586. The maximum absolute atomic E-state index is 10.5. The molecule has 0 saturated heterocycles. The van der Waals surface area contributed by atoms with E-state index in [1.165, 1.54) is 18.2 Å². The van der Waals surface area contributed by atoms with E-state index >= 15 is 0 Å². The Morgan fingerprint density at radius 1 is 1.55 bits per heavy atom. The Morgan fingerprint density at radius 2 is 2.18 bits per heavy atom. The van der Waals surface area contributed by atoms with Crippen molar-refractivity contribution in [1.82, 2.24) is 0 Å². The minimum absolute atomic E-state index is 0.136. The fourth-order valence-corrected chi connectivity index (χ4v) is 0.783. The van der Waals surface area contributed by atoms with Crippen LogP contribution < -0.4 is 5.73 Å². The molecular formula is C7H6ClNO2. The van der Waals surface area contributed by atoms with Gasteiger partial charge in [-0.25, -0.2) is 0 Å². The Hall–Kier alpha value is -1.22. The summed E-state index contributed by atoms with van der Waals surface area (Å²) in [5.74, 6) is -0.722. The second-order valence-electron chi connectivity index (χ2n) is 2.03. The van der Waals surface area contributed by atoms with Crippen LogP contribution in [-0.2, 0) is 0 Å². The first-order valence-corrected chi connectivity index (χ1v) is 3.27. The van der Waals surface area contributed by atoms with Crippen molar-refractivity contribution in [3.8, 4) is 5.75 Å². The Balaban J connectivity index is 3.15. The molecule has 11 heavy (non-hydrogen) atoms. The van der Waals surface area contributed by atoms with Gasteiger partial charge in [0.25, 0.3) is 0 Å². The molecule has 3 nitrogen and oxygen atoms in total. The molecule has 0 unspecified atom stereocenters. The molecule has 0 aromatic heterocycles. The lowest BCUT2D eigenvalue weighted by molar-refractivity contribution is 0.1000. The largest absolute Gasteiger partial charge is 0.506 e. The van der Waals surface area contributed by atoms with Crippen LogP contribution in [0.4, 0.5) is 0 Å². The Morgan fingerprint density at radius 3 is 2.64 bits per heavy atom. The first kappa shape index (κ1) is 7.88. The third-order valence-electron chi connectivity index (χ3n) is 1.23. The van der Waals surface area contributed by atoms with Crippen LogP contribution in [-0.4, -0.2) is 11.0 Å². The smallest absolute Gasteiger partial charge is 0.248 e. The first-order valence-electron chi connectivity index (χ1n) is 2.89. The Bertz CT molecular complexity index is 298. The van der Waals surface area contributed by atoms with E-state index in [4.69, 9.17) is 22.4 Å². The molecule has 0 bridgehead atoms. The lowest BCUT2D eigenvalue weighted by atomic mass is 10.2. The van der Waals surface area contributed by atoms with Crippen LogP contribution in [0.15, 0.2) is 18.2 Å². The average molecular weight is 172 g/mol. The van der Waals surface area contributed by atoms with Crippen molar-refractivity contribution in [2.75, 3.05) is 0 Å². The number of phenols is 1. The molecule has 0 aliphatic rings. The van der Waals surface area contributed by atoms with Crippen LogP contribution >= 0.6 is 11.6 Å². The van der Waals surface area contributed by atoms with E-state index in [2.05, 4.69) is 0 Å². The molecule has 58 valence electrons. The van der Waals surface area contributed by atoms with E-state index in [0.29, 0.717) is 0 Å². The third kappa shape index (κ3) is 1.62. The molecule has 0 atom stereocenters. The molecule has 3 N–H and O–H groups in total. The summed E-state index contributed by atoms with van der Waals surface area (Å²) in [7, 11) is 0. The quantitative estimate of drug-likeness (QED) is 0.666. The van der Waals surface area contributed by atoms with Crippen molar-refractivity contribution in [2.45, 2.75) is 0 Å². The molecule has 4 heteroatoms. The summed E-state index contributed by atoms with van der Waals surface area (Å²) < 4.78 is 0. The van der Waals surface area contributed by atoms with E-state index in [1.54, 1.807) is 0 Å². The van der Waals surface area contributed by atoms with Gasteiger partial charge in [0, 0.05) is 5.56 Å². The Labute approximate surface area is 68.4 Å². The van der Waals surface area contributed by atoms with E-state index in [1.807, 2.05) is 0 Å². The summed E-state index contributed by atoms with van der Waals surface area (Å²) in [5.41, 5.74) is 5.18. The van der Waals surface area contributed by atoms with Gasteiger partial charge in [0.05, 0.1) is 5.02 Å². The van der Waals surface area contributed by atoms with Crippen molar-refractivity contribution in [1.29, 1.82) is 0 Å². The zero-order valence-corrected chi connectivity index (χ0v) is 6.30. The number of benzene rings is 1. The maximum Gasteiger partial charge on any atom is 0.248 e. The van der Waals surface area contributed by atoms with Crippen molar-refractivity contribution in [2.24, 2.45) is 5.73 Å². The number of amides is 1. The highest BCUT2D eigenvalue weighted by Crippen LogP contribution is 2.23. The third-order valence-corrected chi connectivity index (χ3v) is 1.55. The molecule has 0 aliphatic heterocycles. The number of rotatable bonds is 1. The summed E-state index contributed by atoms with van der Waals surface area (Å²) in [5, 5.41) is 9.21. The zero-order valence-electron chi connectivity index (χ0n) is 5.54. The van der Waals surface area contributed by atoms with Gasteiger partial charge in [0.1, 0.15) is 5.75 Å². The highest BCUT2D eigenvalue weighted by Gasteiger charge is 2.03.